The number of carbonyl (C=O) groups excluding carboxylic acids is 1. The Morgan fingerprint density at radius 2 is 2.19 bits per heavy atom. The number of amides is 1. The van der Waals surface area contributed by atoms with Crippen molar-refractivity contribution in [2.45, 2.75) is 45.1 Å². The number of nitrogens with zero attached hydrogens (tertiary/aromatic N) is 1. The van der Waals surface area contributed by atoms with E-state index in [0.717, 1.165) is 30.3 Å². The van der Waals surface area contributed by atoms with Crippen LogP contribution < -0.4 is 16.0 Å². The zero-order valence-electron chi connectivity index (χ0n) is 12.8. The maximum absolute atomic E-state index is 11.6. The second-order valence-electron chi connectivity index (χ2n) is 6.31. The molecule has 1 aromatic rings. The van der Waals surface area contributed by atoms with Crippen LogP contribution in [-0.2, 0) is 4.79 Å². The number of carbonyl (C=O) groups is 1. The lowest BCUT2D eigenvalue weighted by atomic mass is 9.96. The van der Waals surface area contributed by atoms with Gasteiger partial charge in [-0.2, -0.15) is 0 Å². The van der Waals surface area contributed by atoms with Crippen LogP contribution in [0.5, 0.6) is 0 Å². The average molecular weight is 287 g/mol. The van der Waals surface area contributed by atoms with Gasteiger partial charge in [-0.25, -0.2) is 0 Å². The van der Waals surface area contributed by atoms with Crippen molar-refractivity contribution in [1.29, 1.82) is 0 Å². The lowest BCUT2D eigenvalue weighted by Crippen LogP contribution is -2.24. The van der Waals surface area contributed by atoms with Gasteiger partial charge in [0.05, 0.1) is 0 Å². The molecule has 2 aliphatic heterocycles. The van der Waals surface area contributed by atoms with Crippen molar-refractivity contribution in [3.8, 4) is 0 Å². The molecule has 0 spiro atoms. The fourth-order valence-corrected chi connectivity index (χ4v) is 3.59. The van der Waals surface area contributed by atoms with Crippen molar-refractivity contribution >= 4 is 17.3 Å². The summed E-state index contributed by atoms with van der Waals surface area (Å²) in [6, 6.07) is 5.69. The number of fused-ring (bicyclic) bond motifs is 1. The van der Waals surface area contributed by atoms with E-state index in [2.05, 4.69) is 29.3 Å². The summed E-state index contributed by atoms with van der Waals surface area (Å²) in [6.07, 6.45) is 6.51. The topological polar surface area (TPSA) is 58.4 Å². The molecule has 0 aliphatic carbocycles. The van der Waals surface area contributed by atoms with Gasteiger partial charge in [0.2, 0.25) is 5.91 Å². The molecule has 2 atom stereocenters. The molecule has 2 aliphatic rings. The zero-order valence-corrected chi connectivity index (χ0v) is 12.8. The SMILES string of the molecule is CCCC1CCCN(c2ccc3c(c2)NC(=O)C3N)CC1. The number of hydrogen-bond donors (Lipinski definition) is 2. The number of nitrogens with two attached hydrogens (primary N) is 1. The molecular formula is C17H25N3O. The zero-order chi connectivity index (χ0) is 14.8. The summed E-state index contributed by atoms with van der Waals surface area (Å²) in [5, 5.41) is 2.88. The van der Waals surface area contributed by atoms with Gasteiger partial charge < -0.3 is 16.0 Å². The van der Waals surface area contributed by atoms with Crippen molar-refractivity contribution in [2.24, 2.45) is 11.7 Å². The van der Waals surface area contributed by atoms with E-state index in [9.17, 15) is 4.79 Å². The summed E-state index contributed by atoms with van der Waals surface area (Å²) in [5.74, 6) is 0.781. The van der Waals surface area contributed by atoms with E-state index >= 15 is 0 Å². The number of nitrogens with one attached hydrogen (secondary N) is 1. The van der Waals surface area contributed by atoms with Gasteiger partial charge in [-0.1, -0.05) is 25.8 Å². The molecule has 1 amide bonds. The van der Waals surface area contributed by atoms with Crippen LogP contribution in [0.3, 0.4) is 0 Å². The lowest BCUT2D eigenvalue weighted by molar-refractivity contribution is -0.116. The Kier molecular flexibility index (Phi) is 4.15. The summed E-state index contributed by atoms with van der Waals surface area (Å²) in [6.45, 7) is 4.50. The van der Waals surface area contributed by atoms with Gasteiger partial charge in [0.25, 0.3) is 0 Å². The van der Waals surface area contributed by atoms with Crippen molar-refractivity contribution in [1.82, 2.24) is 0 Å². The predicted octanol–water partition coefficient (Wildman–Crippen LogP) is 3.05. The first-order valence-electron chi connectivity index (χ1n) is 8.14. The van der Waals surface area contributed by atoms with Crippen LogP contribution in [0.1, 0.15) is 50.6 Å². The molecule has 2 unspecified atom stereocenters. The van der Waals surface area contributed by atoms with Crippen LogP contribution in [0.4, 0.5) is 11.4 Å². The van der Waals surface area contributed by atoms with Gasteiger partial charge in [-0.15, -0.1) is 0 Å². The molecular weight excluding hydrogens is 262 g/mol. The Labute approximate surface area is 126 Å². The minimum Gasteiger partial charge on any atom is -0.371 e. The molecule has 4 heteroatoms. The van der Waals surface area contributed by atoms with Gasteiger partial charge in [0, 0.05) is 30.0 Å². The van der Waals surface area contributed by atoms with Crippen molar-refractivity contribution < 1.29 is 4.79 Å². The van der Waals surface area contributed by atoms with Gasteiger partial charge in [0.15, 0.2) is 0 Å². The fourth-order valence-electron chi connectivity index (χ4n) is 3.59. The quantitative estimate of drug-likeness (QED) is 0.898. The van der Waals surface area contributed by atoms with E-state index in [0.29, 0.717) is 0 Å². The molecule has 0 bridgehead atoms. The molecule has 114 valence electrons. The highest BCUT2D eigenvalue weighted by atomic mass is 16.2. The molecule has 3 rings (SSSR count). The smallest absolute Gasteiger partial charge is 0.245 e. The van der Waals surface area contributed by atoms with Crippen molar-refractivity contribution in [2.75, 3.05) is 23.3 Å². The standard InChI is InChI=1S/C17H25N3O/c1-2-4-12-5-3-9-20(10-8-12)13-6-7-14-15(11-13)19-17(21)16(14)18/h6-7,11-12,16H,2-5,8-10,18H2,1H3,(H,19,21). The molecule has 1 fully saturated rings. The van der Waals surface area contributed by atoms with E-state index < -0.39 is 6.04 Å². The van der Waals surface area contributed by atoms with E-state index in [1.807, 2.05) is 6.07 Å². The second kappa shape index (κ2) is 6.06. The van der Waals surface area contributed by atoms with Gasteiger partial charge >= 0.3 is 0 Å². The van der Waals surface area contributed by atoms with Crippen LogP contribution in [-0.4, -0.2) is 19.0 Å². The van der Waals surface area contributed by atoms with Crippen LogP contribution >= 0.6 is 0 Å². The average Bonchev–Trinajstić information content (AvgIpc) is 2.67. The first-order chi connectivity index (χ1) is 10.2. The Hall–Kier alpha value is -1.55. The van der Waals surface area contributed by atoms with E-state index in [-0.39, 0.29) is 5.91 Å². The highest BCUT2D eigenvalue weighted by Crippen LogP contribution is 2.34. The third kappa shape index (κ3) is 2.91. The summed E-state index contributed by atoms with van der Waals surface area (Å²) >= 11 is 0. The highest BCUT2D eigenvalue weighted by molar-refractivity contribution is 6.02. The van der Waals surface area contributed by atoms with E-state index in [1.165, 1.54) is 37.8 Å². The fraction of sp³-hybridized carbons (Fsp3) is 0.588. The summed E-state index contributed by atoms with van der Waals surface area (Å²) < 4.78 is 0. The Morgan fingerprint density at radius 3 is 3.00 bits per heavy atom. The lowest BCUT2D eigenvalue weighted by Gasteiger charge is -2.23. The van der Waals surface area contributed by atoms with Crippen LogP contribution in [0, 0.1) is 5.92 Å². The third-order valence-electron chi connectivity index (χ3n) is 4.82. The molecule has 1 aromatic carbocycles. The van der Waals surface area contributed by atoms with Crippen molar-refractivity contribution in [3.05, 3.63) is 23.8 Å². The van der Waals surface area contributed by atoms with Crippen LogP contribution in [0.25, 0.3) is 0 Å². The summed E-state index contributed by atoms with van der Waals surface area (Å²) in [7, 11) is 0. The molecule has 3 N–H and O–H groups in total. The maximum Gasteiger partial charge on any atom is 0.245 e. The molecule has 1 saturated heterocycles. The molecule has 4 nitrogen and oxygen atoms in total. The minimum absolute atomic E-state index is 0.0963. The third-order valence-corrected chi connectivity index (χ3v) is 4.82. The first-order valence-corrected chi connectivity index (χ1v) is 8.14. The summed E-state index contributed by atoms with van der Waals surface area (Å²) in [4.78, 5) is 14.1. The Balaban J connectivity index is 1.73. The van der Waals surface area contributed by atoms with Gasteiger partial charge in [-0.05, 0) is 37.3 Å². The van der Waals surface area contributed by atoms with E-state index in [4.69, 9.17) is 5.73 Å². The number of rotatable bonds is 3. The van der Waals surface area contributed by atoms with Crippen LogP contribution in [0.2, 0.25) is 0 Å². The molecule has 0 radical (unpaired) electrons. The van der Waals surface area contributed by atoms with Gasteiger partial charge in [-0.3, -0.25) is 4.79 Å². The van der Waals surface area contributed by atoms with E-state index in [1.54, 1.807) is 0 Å². The molecule has 2 heterocycles. The normalized spacial score (nSPS) is 25.4. The monoisotopic (exact) mass is 287 g/mol. The number of anilines is 2. The highest BCUT2D eigenvalue weighted by Gasteiger charge is 2.27. The largest absolute Gasteiger partial charge is 0.371 e. The van der Waals surface area contributed by atoms with Crippen molar-refractivity contribution in [3.63, 3.8) is 0 Å². The molecule has 0 aromatic heterocycles. The Bertz CT molecular complexity index is 529. The predicted molar refractivity (Wildman–Crippen MR) is 86.5 cm³/mol. The Morgan fingerprint density at radius 1 is 1.33 bits per heavy atom. The molecule has 21 heavy (non-hydrogen) atoms. The number of hydrogen-bond acceptors (Lipinski definition) is 3. The van der Waals surface area contributed by atoms with Gasteiger partial charge in [0.1, 0.15) is 6.04 Å². The second-order valence-corrected chi connectivity index (χ2v) is 6.31. The first kappa shape index (κ1) is 14.4. The van der Waals surface area contributed by atoms with Crippen LogP contribution in [0.15, 0.2) is 18.2 Å². The number of benzene rings is 1. The minimum atomic E-state index is -0.507. The maximum atomic E-state index is 11.6. The summed E-state index contributed by atoms with van der Waals surface area (Å²) in [5.41, 5.74) is 8.89. The molecule has 0 saturated carbocycles.